The maximum Gasteiger partial charge on any atom is 0.258 e. The topological polar surface area (TPSA) is 67.9 Å². The molecule has 1 N–H and O–H groups in total. The molecule has 3 rings (SSSR count). The van der Waals surface area contributed by atoms with Crippen LogP contribution in [0.4, 0.5) is 5.69 Å². The van der Waals surface area contributed by atoms with E-state index in [0.717, 1.165) is 11.3 Å². The van der Waals surface area contributed by atoms with Crippen LogP contribution in [0.1, 0.15) is 17.5 Å². The molecule has 0 spiro atoms. The minimum Gasteiger partial charge on any atom is -0.493 e. The number of ether oxygens (including phenoxy) is 2. The molecule has 1 atom stereocenters. The van der Waals surface area contributed by atoms with Crippen molar-refractivity contribution in [3.8, 4) is 11.5 Å². The summed E-state index contributed by atoms with van der Waals surface area (Å²) in [4.78, 5) is 26.3. The normalized spacial score (nSPS) is 16.3. The zero-order valence-electron chi connectivity index (χ0n) is 15.8. The van der Waals surface area contributed by atoms with E-state index in [1.807, 2.05) is 44.2 Å². The highest BCUT2D eigenvalue weighted by Gasteiger charge is 2.31. The molecule has 0 bridgehead atoms. The van der Waals surface area contributed by atoms with Gasteiger partial charge in [-0.3, -0.25) is 9.59 Å². The molecule has 6 nitrogen and oxygen atoms in total. The average molecular weight is 368 g/mol. The first kappa shape index (κ1) is 18.8. The maximum absolute atomic E-state index is 12.4. The third-order valence-corrected chi connectivity index (χ3v) is 4.72. The van der Waals surface area contributed by atoms with Crippen LogP contribution in [0.5, 0.6) is 11.5 Å². The second-order valence-corrected chi connectivity index (χ2v) is 6.68. The van der Waals surface area contributed by atoms with E-state index < -0.39 is 0 Å². The summed E-state index contributed by atoms with van der Waals surface area (Å²) in [5.74, 6) is 0.825. The van der Waals surface area contributed by atoms with Crippen molar-refractivity contribution in [3.63, 3.8) is 0 Å². The van der Waals surface area contributed by atoms with Gasteiger partial charge in [-0.05, 0) is 49.2 Å². The van der Waals surface area contributed by atoms with Gasteiger partial charge in [-0.25, -0.2) is 0 Å². The Balaban J connectivity index is 1.56. The van der Waals surface area contributed by atoms with Gasteiger partial charge in [0.2, 0.25) is 5.91 Å². The maximum atomic E-state index is 12.4. The van der Waals surface area contributed by atoms with Crippen molar-refractivity contribution in [2.45, 2.75) is 26.3 Å². The van der Waals surface area contributed by atoms with Gasteiger partial charge < -0.3 is 19.7 Å². The summed E-state index contributed by atoms with van der Waals surface area (Å²) < 4.78 is 10.7. The highest BCUT2D eigenvalue weighted by atomic mass is 16.5. The fourth-order valence-electron chi connectivity index (χ4n) is 3.10. The average Bonchev–Trinajstić information content (AvgIpc) is 3.02. The summed E-state index contributed by atoms with van der Waals surface area (Å²) in [6, 6.07) is 12.9. The molecule has 1 aliphatic rings. The van der Waals surface area contributed by atoms with Gasteiger partial charge in [-0.1, -0.05) is 18.2 Å². The minimum atomic E-state index is -0.263. The fraction of sp³-hybridized carbons (Fsp3) is 0.333. The van der Waals surface area contributed by atoms with Gasteiger partial charge in [-0.15, -0.1) is 0 Å². The zero-order chi connectivity index (χ0) is 19.4. The third-order valence-electron chi connectivity index (χ3n) is 4.72. The number of para-hydroxylation sites is 2. The zero-order valence-corrected chi connectivity index (χ0v) is 15.8. The summed E-state index contributed by atoms with van der Waals surface area (Å²) in [6.45, 7) is 4.39. The Bertz CT molecular complexity index is 850. The Morgan fingerprint density at radius 3 is 2.59 bits per heavy atom. The molecule has 0 saturated carbocycles. The van der Waals surface area contributed by atoms with Gasteiger partial charge in [0.25, 0.3) is 5.91 Å². The van der Waals surface area contributed by atoms with Crippen LogP contribution in [-0.4, -0.2) is 38.1 Å². The quantitative estimate of drug-likeness (QED) is 0.851. The van der Waals surface area contributed by atoms with Crippen LogP contribution in [0.25, 0.3) is 0 Å². The molecule has 1 saturated heterocycles. The third kappa shape index (κ3) is 4.39. The Kier molecular flexibility index (Phi) is 5.64. The van der Waals surface area contributed by atoms with Crippen LogP contribution in [0.3, 0.4) is 0 Å². The molecule has 0 radical (unpaired) electrons. The van der Waals surface area contributed by atoms with Gasteiger partial charge in [0, 0.05) is 18.7 Å². The van der Waals surface area contributed by atoms with Crippen molar-refractivity contribution >= 4 is 17.5 Å². The lowest BCUT2D eigenvalue weighted by atomic mass is 10.1. The van der Waals surface area contributed by atoms with Crippen LogP contribution in [0.15, 0.2) is 42.5 Å². The number of benzene rings is 2. The largest absolute Gasteiger partial charge is 0.493 e. The number of aryl methyl sites for hydroxylation is 2. The van der Waals surface area contributed by atoms with Crippen LogP contribution < -0.4 is 19.7 Å². The van der Waals surface area contributed by atoms with Crippen LogP contribution in [0.2, 0.25) is 0 Å². The van der Waals surface area contributed by atoms with Gasteiger partial charge >= 0.3 is 0 Å². The lowest BCUT2D eigenvalue weighted by molar-refractivity contribution is -0.123. The highest BCUT2D eigenvalue weighted by molar-refractivity contribution is 5.97. The summed E-state index contributed by atoms with van der Waals surface area (Å²) in [7, 11) is 1.55. The predicted molar refractivity (Wildman–Crippen MR) is 103 cm³/mol. The monoisotopic (exact) mass is 368 g/mol. The van der Waals surface area contributed by atoms with Crippen molar-refractivity contribution in [3.05, 3.63) is 53.6 Å². The number of methoxy groups -OCH3 is 1. The van der Waals surface area contributed by atoms with Crippen molar-refractivity contribution in [2.24, 2.45) is 0 Å². The molecule has 2 aromatic carbocycles. The Morgan fingerprint density at radius 1 is 1.15 bits per heavy atom. The molecule has 2 amide bonds. The van der Waals surface area contributed by atoms with E-state index in [2.05, 4.69) is 5.32 Å². The van der Waals surface area contributed by atoms with Crippen molar-refractivity contribution in [2.75, 3.05) is 25.2 Å². The number of nitrogens with zero attached hydrogens (tertiary/aromatic N) is 1. The Hall–Kier alpha value is -3.02. The lowest BCUT2D eigenvalue weighted by Crippen LogP contribution is -2.39. The summed E-state index contributed by atoms with van der Waals surface area (Å²) in [5, 5.41) is 2.88. The second kappa shape index (κ2) is 8.12. The molecular formula is C21H24N2O4. The van der Waals surface area contributed by atoms with E-state index in [9.17, 15) is 9.59 Å². The summed E-state index contributed by atoms with van der Waals surface area (Å²) >= 11 is 0. The molecule has 142 valence electrons. The number of amides is 2. The molecule has 1 fully saturated rings. The van der Waals surface area contributed by atoms with Crippen LogP contribution >= 0.6 is 0 Å². The lowest BCUT2D eigenvalue weighted by Gasteiger charge is -2.18. The van der Waals surface area contributed by atoms with Crippen molar-refractivity contribution < 1.29 is 19.1 Å². The molecule has 2 aromatic rings. The minimum absolute atomic E-state index is 0.00852. The molecule has 0 aliphatic carbocycles. The standard InChI is InChI=1S/C21H24N2O4/c1-14-8-9-17(10-15(14)2)23-12-16(11-21(23)25)22-20(24)13-27-19-7-5-4-6-18(19)26-3/h4-10,16H,11-13H2,1-3H3,(H,22,24)/t16-/m0/s1. The number of anilines is 1. The van der Waals surface area contributed by atoms with Gasteiger partial charge in [0.15, 0.2) is 18.1 Å². The number of hydrogen-bond donors (Lipinski definition) is 1. The van der Waals surface area contributed by atoms with Crippen molar-refractivity contribution in [1.29, 1.82) is 0 Å². The first-order valence-corrected chi connectivity index (χ1v) is 8.90. The number of rotatable bonds is 6. The molecule has 0 unspecified atom stereocenters. The van der Waals surface area contributed by atoms with Crippen molar-refractivity contribution in [1.82, 2.24) is 5.32 Å². The van der Waals surface area contributed by atoms with E-state index in [-0.39, 0.29) is 30.9 Å². The number of carbonyl (C=O) groups is 2. The van der Waals surface area contributed by atoms with E-state index in [0.29, 0.717) is 18.0 Å². The Morgan fingerprint density at radius 2 is 1.89 bits per heavy atom. The van der Waals surface area contributed by atoms with E-state index in [1.165, 1.54) is 5.56 Å². The smallest absolute Gasteiger partial charge is 0.258 e. The summed E-state index contributed by atoms with van der Waals surface area (Å²) in [5.41, 5.74) is 3.19. The van der Waals surface area contributed by atoms with Crippen LogP contribution in [-0.2, 0) is 9.59 Å². The first-order valence-electron chi connectivity index (χ1n) is 8.90. The SMILES string of the molecule is COc1ccccc1OCC(=O)N[C@H]1CC(=O)N(c2ccc(C)c(C)c2)C1. The first-order chi connectivity index (χ1) is 13.0. The number of carbonyl (C=O) groups excluding carboxylic acids is 2. The van der Waals surface area contributed by atoms with E-state index >= 15 is 0 Å². The van der Waals surface area contributed by atoms with E-state index in [1.54, 1.807) is 24.1 Å². The van der Waals surface area contributed by atoms with Gasteiger partial charge in [-0.2, -0.15) is 0 Å². The molecule has 1 heterocycles. The predicted octanol–water partition coefficient (Wildman–Crippen LogP) is 2.61. The number of nitrogens with one attached hydrogen (secondary N) is 1. The summed E-state index contributed by atoms with van der Waals surface area (Å²) in [6.07, 6.45) is 0.285. The van der Waals surface area contributed by atoms with E-state index in [4.69, 9.17) is 9.47 Å². The molecular weight excluding hydrogens is 344 g/mol. The molecule has 6 heteroatoms. The second-order valence-electron chi connectivity index (χ2n) is 6.68. The molecule has 1 aliphatic heterocycles. The van der Waals surface area contributed by atoms with Gasteiger partial charge in [0.1, 0.15) is 0 Å². The highest BCUT2D eigenvalue weighted by Crippen LogP contribution is 2.26. The number of hydrogen-bond acceptors (Lipinski definition) is 4. The Labute approximate surface area is 159 Å². The molecule has 27 heavy (non-hydrogen) atoms. The fourth-order valence-corrected chi connectivity index (χ4v) is 3.10. The van der Waals surface area contributed by atoms with Crippen LogP contribution in [0, 0.1) is 13.8 Å². The van der Waals surface area contributed by atoms with Gasteiger partial charge in [0.05, 0.1) is 13.2 Å². The molecule has 0 aromatic heterocycles.